The van der Waals surface area contributed by atoms with E-state index >= 15 is 0 Å². The van der Waals surface area contributed by atoms with Gasteiger partial charge in [-0.15, -0.1) is 0 Å². The van der Waals surface area contributed by atoms with Crippen molar-refractivity contribution in [2.45, 2.75) is 46.3 Å². The van der Waals surface area contributed by atoms with E-state index < -0.39 is 6.10 Å². The van der Waals surface area contributed by atoms with Gasteiger partial charge in [-0.2, -0.15) is 5.26 Å². The van der Waals surface area contributed by atoms with E-state index in [1.807, 2.05) is 32.2 Å². The molecule has 0 amide bonds. The summed E-state index contributed by atoms with van der Waals surface area (Å²) in [5.74, 6) is 0. The van der Waals surface area contributed by atoms with Crippen LogP contribution < -0.4 is 0 Å². The molecular weight excluding hydrogens is 200 g/mol. The molecule has 3 nitrogen and oxygen atoms in total. The second-order valence-corrected chi connectivity index (χ2v) is 4.90. The van der Waals surface area contributed by atoms with Gasteiger partial charge in [-0.05, 0) is 45.7 Å². The van der Waals surface area contributed by atoms with Crippen molar-refractivity contribution in [2.75, 3.05) is 0 Å². The maximum atomic E-state index is 9.53. The standard InChI is InChI=1S/C13H20N2O/c1-11(16)12-6-4-8-15(12)9-5-7-13(2,3)10-14/h4,6,8,11,16H,5,7,9H2,1-3H3. The van der Waals surface area contributed by atoms with Gasteiger partial charge in [0.15, 0.2) is 0 Å². The summed E-state index contributed by atoms with van der Waals surface area (Å²) in [6, 6.07) is 6.17. The van der Waals surface area contributed by atoms with Crippen LogP contribution in [0.15, 0.2) is 18.3 Å². The molecule has 3 heteroatoms. The van der Waals surface area contributed by atoms with Crippen molar-refractivity contribution >= 4 is 0 Å². The normalized spacial score (nSPS) is 13.4. The Hall–Kier alpha value is -1.27. The third kappa shape index (κ3) is 3.39. The van der Waals surface area contributed by atoms with Gasteiger partial charge < -0.3 is 9.67 Å². The molecular formula is C13H20N2O. The minimum Gasteiger partial charge on any atom is -0.387 e. The minimum atomic E-state index is -0.432. The van der Waals surface area contributed by atoms with Crippen molar-refractivity contribution in [1.82, 2.24) is 4.57 Å². The average molecular weight is 220 g/mol. The van der Waals surface area contributed by atoms with Crippen molar-refractivity contribution in [1.29, 1.82) is 5.26 Å². The lowest BCUT2D eigenvalue weighted by molar-refractivity contribution is 0.188. The predicted octanol–water partition coefficient (Wildman–Crippen LogP) is 2.87. The molecule has 1 unspecified atom stereocenters. The molecule has 0 spiro atoms. The van der Waals surface area contributed by atoms with Gasteiger partial charge in [0.05, 0.1) is 17.6 Å². The summed E-state index contributed by atoms with van der Waals surface area (Å²) in [5, 5.41) is 18.4. The molecule has 1 N–H and O–H groups in total. The lowest BCUT2D eigenvalue weighted by Gasteiger charge is -2.16. The van der Waals surface area contributed by atoms with Gasteiger partial charge in [0, 0.05) is 18.4 Å². The van der Waals surface area contributed by atoms with E-state index in [9.17, 15) is 5.11 Å². The lowest BCUT2D eigenvalue weighted by Crippen LogP contribution is -2.11. The van der Waals surface area contributed by atoms with Crippen molar-refractivity contribution < 1.29 is 5.11 Å². The summed E-state index contributed by atoms with van der Waals surface area (Å²) in [6.07, 6.45) is 3.37. The van der Waals surface area contributed by atoms with E-state index in [1.165, 1.54) is 0 Å². The van der Waals surface area contributed by atoms with Crippen LogP contribution in [0.25, 0.3) is 0 Å². The summed E-state index contributed by atoms with van der Waals surface area (Å²) in [4.78, 5) is 0. The molecule has 1 rings (SSSR count). The zero-order valence-electron chi connectivity index (χ0n) is 10.3. The van der Waals surface area contributed by atoms with Crippen LogP contribution in [0.3, 0.4) is 0 Å². The lowest BCUT2D eigenvalue weighted by atomic mass is 9.90. The monoisotopic (exact) mass is 220 g/mol. The van der Waals surface area contributed by atoms with Gasteiger partial charge in [0.2, 0.25) is 0 Å². The fourth-order valence-corrected chi connectivity index (χ4v) is 1.76. The van der Waals surface area contributed by atoms with Crippen LogP contribution in [-0.4, -0.2) is 9.67 Å². The zero-order valence-corrected chi connectivity index (χ0v) is 10.3. The number of aryl methyl sites for hydroxylation is 1. The number of rotatable bonds is 5. The summed E-state index contributed by atoms with van der Waals surface area (Å²) in [5.41, 5.74) is 0.688. The number of nitrogens with zero attached hydrogens (tertiary/aromatic N) is 2. The smallest absolute Gasteiger partial charge is 0.0911 e. The number of hydrogen-bond donors (Lipinski definition) is 1. The Morgan fingerprint density at radius 2 is 2.25 bits per heavy atom. The van der Waals surface area contributed by atoms with Crippen molar-refractivity contribution in [3.05, 3.63) is 24.0 Å². The molecule has 1 aromatic heterocycles. The fraction of sp³-hybridized carbons (Fsp3) is 0.615. The molecule has 0 aromatic carbocycles. The van der Waals surface area contributed by atoms with Gasteiger partial charge in [-0.25, -0.2) is 0 Å². The average Bonchev–Trinajstić information content (AvgIpc) is 2.66. The number of hydrogen-bond acceptors (Lipinski definition) is 2. The van der Waals surface area contributed by atoms with Gasteiger partial charge >= 0.3 is 0 Å². The largest absolute Gasteiger partial charge is 0.387 e. The molecule has 1 atom stereocenters. The second kappa shape index (κ2) is 5.18. The Kier molecular flexibility index (Phi) is 4.14. The van der Waals surface area contributed by atoms with E-state index in [1.54, 1.807) is 6.92 Å². The highest BCUT2D eigenvalue weighted by Crippen LogP contribution is 2.22. The van der Waals surface area contributed by atoms with Crippen molar-refractivity contribution in [3.8, 4) is 6.07 Å². The molecule has 88 valence electrons. The number of nitriles is 1. The van der Waals surface area contributed by atoms with Gasteiger partial charge in [-0.1, -0.05) is 0 Å². The molecule has 1 aromatic rings. The molecule has 0 bridgehead atoms. The van der Waals surface area contributed by atoms with Crippen molar-refractivity contribution in [3.63, 3.8) is 0 Å². The SMILES string of the molecule is CC(O)c1cccn1CCCC(C)(C)C#N. The highest BCUT2D eigenvalue weighted by atomic mass is 16.3. The maximum Gasteiger partial charge on any atom is 0.0911 e. The quantitative estimate of drug-likeness (QED) is 0.829. The Bertz CT molecular complexity index is 372. The molecule has 0 aliphatic carbocycles. The Morgan fingerprint density at radius 3 is 2.81 bits per heavy atom. The van der Waals surface area contributed by atoms with E-state index in [0.717, 1.165) is 25.1 Å². The number of aromatic nitrogens is 1. The molecule has 0 saturated heterocycles. The van der Waals surface area contributed by atoms with Crippen LogP contribution in [0.5, 0.6) is 0 Å². The molecule has 1 heterocycles. The molecule has 0 radical (unpaired) electrons. The second-order valence-electron chi connectivity index (χ2n) is 4.90. The van der Waals surface area contributed by atoms with Crippen LogP contribution in [-0.2, 0) is 6.54 Å². The summed E-state index contributed by atoms with van der Waals surface area (Å²) >= 11 is 0. The number of aliphatic hydroxyl groups excluding tert-OH is 1. The first-order valence-electron chi connectivity index (χ1n) is 5.70. The molecule has 0 saturated carbocycles. The Labute approximate surface area is 97.3 Å². The molecule has 16 heavy (non-hydrogen) atoms. The Balaban J connectivity index is 2.50. The van der Waals surface area contributed by atoms with Crippen molar-refractivity contribution in [2.24, 2.45) is 5.41 Å². The minimum absolute atomic E-state index is 0.252. The first-order chi connectivity index (χ1) is 7.46. The molecule has 0 aliphatic rings. The van der Waals surface area contributed by atoms with Crippen LogP contribution >= 0.6 is 0 Å². The van der Waals surface area contributed by atoms with E-state index in [2.05, 4.69) is 10.6 Å². The van der Waals surface area contributed by atoms with Gasteiger partial charge in [-0.3, -0.25) is 0 Å². The highest BCUT2D eigenvalue weighted by Gasteiger charge is 2.16. The van der Waals surface area contributed by atoms with Gasteiger partial charge in [0.25, 0.3) is 0 Å². The fourth-order valence-electron chi connectivity index (χ4n) is 1.76. The summed E-state index contributed by atoms with van der Waals surface area (Å²) < 4.78 is 2.05. The summed E-state index contributed by atoms with van der Waals surface area (Å²) in [6.45, 7) is 6.54. The maximum absolute atomic E-state index is 9.53. The van der Waals surface area contributed by atoms with E-state index in [4.69, 9.17) is 5.26 Å². The number of aliphatic hydroxyl groups is 1. The first kappa shape index (κ1) is 12.8. The van der Waals surface area contributed by atoms with Crippen LogP contribution in [0.4, 0.5) is 0 Å². The zero-order chi connectivity index (χ0) is 12.2. The highest BCUT2D eigenvalue weighted by molar-refractivity contribution is 5.09. The predicted molar refractivity (Wildman–Crippen MR) is 63.7 cm³/mol. The Morgan fingerprint density at radius 1 is 1.56 bits per heavy atom. The van der Waals surface area contributed by atoms with E-state index in [0.29, 0.717) is 0 Å². The molecule has 0 aliphatic heterocycles. The van der Waals surface area contributed by atoms with Crippen LogP contribution in [0, 0.1) is 16.7 Å². The third-order valence-electron chi connectivity index (χ3n) is 2.80. The van der Waals surface area contributed by atoms with Crippen LogP contribution in [0.2, 0.25) is 0 Å². The molecule has 0 fully saturated rings. The summed E-state index contributed by atoms with van der Waals surface area (Å²) in [7, 11) is 0. The van der Waals surface area contributed by atoms with E-state index in [-0.39, 0.29) is 5.41 Å². The van der Waals surface area contributed by atoms with Crippen LogP contribution in [0.1, 0.15) is 45.4 Å². The topological polar surface area (TPSA) is 49.0 Å². The third-order valence-corrected chi connectivity index (χ3v) is 2.80. The van der Waals surface area contributed by atoms with Gasteiger partial charge in [0.1, 0.15) is 0 Å². The first-order valence-corrected chi connectivity index (χ1v) is 5.70.